The van der Waals surface area contributed by atoms with Crippen molar-refractivity contribution < 1.29 is 24.2 Å². The van der Waals surface area contributed by atoms with E-state index in [1.54, 1.807) is 31.4 Å². The van der Waals surface area contributed by atoms with Crippen LogP contribution in [0.1, 0.15) is 41.4 Å². The zero-order valence-electron chi connectivity index (χ0n) is 15.6. The Morgan fingerprint density at radius 2 is 1.93 bits per heavy atom. The molecule has 2 aromatic rings. The maximum absolute atomic E-state index is 13.2. The van der Waals surface area contributed by atoms with Crippen LogP contribution in [0.2, 0.25) is 0 Å². The molecular weight excluding hydrogens is 346 g/mol. The number of rotatable bonds is 5. The first-order chi connectivity index (χ1) is 12.9. The monoisotopic (exact) mass is 369 g/mol. The maximum Gasteiger partial charge on any atom is 0.341 e. The minimum atomic E-state index is -1.06. The molecule has 1 aliphatic rings. The van der Waals surface area contributed by atoms with Gasteiger partial charge in [-0.3, -0.25) is 4.79 Å². The number of methoxy groups -OCH3 is 1. The van der Waals surface area contributed by atoms with Crippen molar-refractivity contribution in [3.8, 4) is 11.5 Å². The van der Waals surface area contributed by atoms with Gasteiger partial charge in [0.05, 0.1) is 13.2 Å². The van der Waals surface area contributed by atoms with E-state index in [0.29, 0.717) is 11.3 Å². The van der Waals surface area contributed by atoms with Crippen LogP contribution >= 0.6 is 0 Å². The van der Waals surface area contributed by atoms with Gasteiger partial charge in [0.2, 0.25) is 0 Å². The molecule has 1 amide bonds. The van der Waals surface area contributed by atoms with Gasteiger partial charge in [0, 0.05) is 11.6 Å². The van der Waals surface area contributed by atoms with Crippen LogP contribution in [-0.2, 0) is 11.2 Å². The summed E-state index contributed by atoms with van der Waals surface area (Å²) in [6, 6.07) is 12.6. The number of carboxylic acid groups (broad SMARTS) is 1. The van der Waals surface area contributed by atoms with Gasteiger partial charge in [-0.1, -0.05) is 12.1 Å². The van der Waals surface area contributed by atoms with Gasteiger partial charge in [0.25, 0.3) is 5.91 Å². The Balaban J connectivity index is 1.86. The molecule has 3 rings (SSSR count). The van der Waals surface area contributed by atoms with Gasteiger partial charge in [-0.25, -0.2) is 4.79 Å². The largest absolute Gasteiger partial charge is 0.497 e. The molecule has 2 atom stereocenters. The van der Waals surface area contributed by atoms with E-state index in [0.717, 1.165) is 17.7 Å². The van der Waals surface area contributed by atoms with Gasteiger partial charge in [-0.2, -0.15) is 0 Å². The van der Waals surface area contributed by atoms with Crippen LogP contribution in [0.5, 0.6) is 11.5 Å². The van der Waals surface area contributed by atoms with Crippen molar-refractivity contribution >= 4 is 11.9 Å². The fourth-order valence-corrected chi connectivity index (χ4v) is 3.63. The Morgan fingerprint density at radius 3 is 2.63 bits per heavy atom. The van der Waals surface area contributed by atoms with Crippen molar-refractivity contribution in [2.75, 3.05) is 13.7 Å². The van der Waals surface area contributed by atoms with Gasteiger partial charge in [-0.05, 0) is 61.7 Å². The highest BCUT2D eigenvalue weighted by Gasteiger charge is 2.33. The molecule has 0 bridgehead atoms. The summed E-state index contributed by atoms with van der Waals surface area (Å²) in [6.45, 7) is 3.61. The minimum absolute atomic E-state index is 0.0238. The molecule has 0 aromatic heterocycles. The SMILES string of the molecule is COc1ccc2c(c1)CC(C)N(C(=O)c1cccc(OCC(=O)O)c1)C2C. The summed E-state index contributed by atoms with van der Waals surface area (Å²) in [5.41, 5.74) is 2.78. The number of carboxylic acids is 1. The van der Waals surface area contributed by atoms with Crippen molar-refractivity contribution in [2.24, 2.45) is 0 Å². The van der Waals surface area contributed by atoms with E-state index in [1.807, 2.05) is 36.9 Å². The first-order valence-corrected chi connectivity index (χ1v) is 8.85. The smallest absolute Gasteiger partial charge is 0.341 e. The summed E-state index contributed by atoms with van der Waals surface area (Å²) in [6.07, 6.45) is 0.748. The molecule has 2 unspecified atom stereocenters. The summed E-state index contributed by atoms with van der Waals surface area (Å²) in [5.74, 6) is 0.0243. The topological polar surface area (TPSA) is 76.1 Å². The van der Waals surface area contributed by atoms with Crippen molar-refractivity contribution in [3.05, 3.63) is 59.2 Å². The van der Waals surface area contributed by atoms with Crippen molar-refractivity contribution in [3.63, 3.8) is 0 Å². The Labute approximate surface area is 158 Å². The molecule has 0 radical (unpaired) electrons. The van der Waals surface area contributed by atoms with Crippen molar-refractivity contribution in [2.45, 2.75) is 32.4 Å². The van der Waals surface area contributed by atoms with Gasteiger partial charge in [-0.15, -0.1) is 0 Å². The molecular formula is C21H23NO5. The molecule has 0 fully saturated rings. The number of fused-ring (bicyclic) bond motifs is 1. The molecule has 0 spiro atoms. The predicted octanol–water partition coefficient (Wildman–Crippen LogP) is 3.31. The summed E-state index contributed by atoms with van der Waals surface area (Å²) in [5, 5.41) is 8.75. The van der Waals surface area contributed by atoms with Crippen LogP contribution in [0.15, 0.2) is 42.5 Å². The summed E-state index contributed by atoms with van der Waals surface area (Å²) >= 11 is 0. The quantitative estimate of drug-likeness (QED) is 0.875. The number of carbonyl (C=O) groups excluding carboxylic acids is 1. The molecule has 142 valence electrons. The van der Waals surface area contributed by atoms with Crippen LogP contribution in [0, 0.1) is 0 Å². The van der Waals surface area contributed by atoms with E-state index in [-0.39, 0.29) is 18.0 Å². The third-order valence-electron chi connectivity index (χ3n) is 4.89. The molecule has 0 saturated carbocycles. The van der Waals surface area contributed by atoms with Crippen LogP contribution in [0.4, 0.5) is 0 Å². The zero-order chi connectivity index (χ0) is 19.6. The summed E-state index contributed by atoms with van der Waals surface area (Å²) in [4.78, 5) is 25.7. The Kier molecular flexibility index (Phi) is 5.35. The predicted molar refractivity (Wildman–Crippen MR) is 100 cm³/mol. The fraction of sp³-hybridized carbons (Fsp3) is 0.333. The maximum atomic E-state index is 13.2. The highest BCUT2D eigenvalue weighted by Crippen LogP contribution is 2.36. The molecule has 6 nitrogen and oxygen atoms in total. The lowest BCUT2D eigenvalue weighted by atomic mass is 9.88. The van der Waals surface area contributed by atoms with Crippen LogP contribution in [0.3, 0.4) is 0 Å². The lowest BCUT2D eigenvalue weighted by molar-refractivity contribution is -0.139. The average molecular weight is 369 g/mol. The molecule has 1 aliphatic heterocycles. The Morgan fingerprint density at radius 1 is 1.15 bits per heavy atom. The van der Waals surface area contributed by atoms with Crippen molar-refractivity contribution in [1.29, 1.82) is 0 Å². The Hall–Kier alpha value is -3.02. The summed E-state index contributed by atoms with van der Waals surface area (Å²) < 4.78 is 10.5. The lowest BCUT2D eigenvalue weighted by Gasteiger charge is -2.40. The van der Waals surface area contributed by atoms with E-state index in [2.05, 4.69) is 0 Å². The number of aliphatic carboxylic acids is 1. The van der Waals surface area contributed by atoms with Crippen molar-refractivity contribution in [1.82, 2.24) is 4.90 Å². The lowest BCUT2D eigenvalue weighted by Crippen LogP contribution is -2.45. The first-order valence-electron chi connectivity index (χ1n) is 8.85. The molecule has 0 aliphatic carbocycles. The second-order valence-corrected chi connectivity index (χ2v) is 6.72. The standard InChI is InChI=1S/C21H23NO5/c1-13-9-16-11-17(26-3)7-8-19(16)14(2)22(13)21(25)15-5-4-6-18(10-15)27-12-20(23)24/h4-8,10-11,13-14H,9,12H2,1-3H3,(H,23,24). The van der Waals surface area contributed by atoms with Gasteiger partial charge in [0.1, 0.15) is 11.5 Å². The zero-order valence-corrected chi connectivity index (χ0v) is 15.6. The van der Waals surface area contributed by atoms with Gasteiger partial charge >= 0.3 is 5.97 Å². The Bertz CT molecular complexity index is 863. The average Bonchev–Trinajstić information content (AvgIpc) is 2.66. The number of benzene rings is 2. The van der Waals surface area contributed by atoms with E-state index in [9.17, 15) is 9.59 Å². The minimum Gasteiger partial charge on any atom is -0.497 e. The number of carbonyl (C=O) groups is 2. The molecule has 2 aromatic carbocycles. The highest BCUT2D eigenvalue weighted by molar-refractivity contribution is 5.95. The van der Waals surface area contributed by atoms with Crippen LogP contribution in [-0.4, -0.2) is 41.6 Å². The highest BCUT2D eigenvalue weighted by atomic mass is 16.5. The molecule has 6 heteroatoms. The van der Waals surface area contributed by atoms with E-state index >= 15 is 0 Å². The second kappa shape index (κ2) is 7.70. The number of amides is 1. The number of nitrogens with zero attached hydrogens (tertiary/aromatic N) is 1. The van der Waals surface area contributed by atoms with Gasteiger partial charge in [0.15, 0.2) is 6.61 Å². The van der Waals surface area contributed by atoms with E-state index in [1.165, 1.54) is 5.56 Å². The third kappa shape index (κ3) is 3.89. The normalized spacial score (nSPS) is 18.6. The van der Waals surface area contributed by atoms with Crippen LogP contribution < -0.4 is 9.47 Å². The first kappa shape index (κ1) is 18.8. The fourth-order valence-electron chi connectivity index (χ4n) is 3.63. The molecule has 27 heavy (non-hydrogen) atoms. The summed E-state index contributed by atoms with van der Waals surface area (Å²) in [7, 11) is 1.65. The number of ether oxygens (including phenoxy) is 2. The number of hydrogen-bond acceptors (Lipinski definition) is 4. The molecule has 1 heterocycles. The number of hydrogen-bond donors (Lipinski definition) is 1. The molecule has 1 N–H and O–H groups in total. The van der Waals surface area contributed by atoms with E-state index in [4.69, 9.17) is 14.6 Å². The van der Waals surface area contributed by atoms with E-state index < -0.39 is 12.6 Å². The van der Waals surface area contributed by atoms with Crippen LogP contribution in [0.25, 0.3) is 0 Å². The second-order valence-electron chi connectivity index (χ2n) is 6.72. The van der Waals surface area contributed by atoms with Gasteiger partial charge < -0.3 is 19.5 Å². The third-order valence-corrected chi connectivity index (χ3v) is 4.89. The molecule has 0 saturated heterocycles.